The molecule has 0 saturated carbocycles. The van der Waals surface area contributed by atoms with Gasteiger partial charge in [0.15, 0.2) is 0 Å². The van der Waals surface area contributed by atoms with Gasteiger partial charge in [-0.1, -0.05) is 12.1 Å². The summed E-state index contributed by atoms with van der Waals surface area (Å²) in [5.41, 5.74) is 1.09. The van der Waals surface area contributed by atoms with E-state index in [-0.39, 0.29) is 12.3 Å². The van der Waals surface area contributed by atoms with Crippen LogP contribution in [0.3, 0.4) is 0 Å². The maximum absolute atomic E-state index is 12.1. The molecule has 0 aliphatic carbocycles. The molecule has 2 N–H and O–H groups in total. The molecule has 3 rings (SSSR count). The Kier molecular flexibility index (Phi) is 3.34. The highest BCUT2D eigenvalue weighted by molar-refractivity contribution is 6.22. The molecule has 3 amide bonds. The number of benzene rings is 2. The summed E-state index contributed by atoms with van der Waals surface area (Å²) in [4.78, 5) is 37.2. The lowest BCUT2D eigenvalue weighted by molar-refractivity contribution is -0.116. The lowest BCUT2D eigenvalue weighted by Gasteiger charge is -2.13. The molecule has 0 saturated heterocycles. The number of amides is 3. The summed E-state index contributed by atoms with van der Waals surface area (Å²) in [7, 11) is 0. The van der Waals surface area contributed by atoms with Crippen molar-refractivity contribution in [3.63, 3.8) is 0 Å². The Balaban J connectivity index is 1.71. The maximum Gasteiger partial charge on any atom is 0.262 e. The van der Waals surface area contributed by atoms with Gasteiger partial charge in [-0.05, 0) is 36.4 Å². The molecular weight excluding hydrogens is 284 g/mol. The first-order valence-electron chi connectivity index (χ1n) is 6.60. The molecule has 0 radical (unpaired) electrons. The second-order valence-corrected chi connectivity index (χ2v) is 4.84. The zero-order valence-corrected chi connectivity index (χ0v) is 11.4. The van der Waals surface area contributed by atoms with Gasteiger partial charge in [0.05, 0.1) is 11.1 Å². The zero-order valence-electron chi connectivity index (χ0n) is 11.4. The third-order valence-corrected chi connectivity index (χ3v) is 3.33. The molecule has 0 atom stereocenters. The summed E-state index contributed by atoms with van der Waals surface area (Å²) in [6.07, 6.45) is 0. The number of rotatable bonds is 3. The predicted octanol–water partition coefficient (Wildman–Crippen LogP) is 1.63. The third-order valence-electron chi connectivity index (χ3n) is 3.33. The van der Waals surface area contributed by atoms with Crippen LogP contribution >= 0.6 is 0 Å². The van der Waals surface area contributed by atoms with Crippen LogP contribution in [0.1, 0.15) is 20.7 Å². The van der Waals surface area contributed by atoms with E-state index in [1.807, 2.05) is 0 Å². The number of nitrogens with one attached hydrogen (secondary N) is 1. The van der Waals surface area contributed by atoms with E-state index in [0.29, 0.717) is 16.8 Å². The Labute approximate surface area is 126 Å². The van der Waals surface area contributed by atoms with E-state index < -0.39 is 17.7 Å². The average molecular weight is 296 g/mol. The second-order valence-electron chi connectivity index (χ2n) is 4.84. The van der Waals surface area contributed by atoms with Crippen molar-refractivity contribution in [1.82, 2.24) is 4.90 Å². The van der Waals surface area contributed by atoms with E-state index >= 15 is 0 Å². The Bertz CT molecular complexity index is 733. The lowest BCUT2D eigenvalue weighted by atomic mass is 10.1. The molecule has 1 aliphatic rings. The van der Waals surface area contributed by atoms with E-state index in [4.69, 9.17) is 0 Å². The molecule has 6 nitrogen and oxygen atoms in total. The van der Waals surface area contributed by atoms with Crippen LogP contribution in [0.2, 0.25) is 0 Å². The second kappa shape index (κ2) is 5.33. The number of hydrogen-bond donors (Lipinski definition) is 2. The number of aromatic hydroxyl groups is 1. The summed E-state index contributed by atoms with van der Waals surface area (Å²) >= 11 is 0. The number of hydrogen-bond acceptors (Lipinski definition) is 4. The van der Waals surface area contributed by atoms with Gasteiger partial charge in [0.1, 0.15) is 12.3 Å². The molecule has 0 aromatic heterocycles. The van der Waals surface area contributed by atoms with E-state index in [1.165, 1.54) is 24.3 Å². The van der Waals surface area contributed by atoms with Crippen molar-refractivity contribution in [2.24, 2.45) is 0 Å². The molecule has 1 aliphatic heterocycles. The van der Waals surface area contributed by atoms with Crippen LogP contribution < -0.4 is 5.32 Å². The molecule has 0 bridgehead atoms. The minimum absolute atomic E-state index is 0.0818. The standard InChI is InChI=1S/C16H12N2O4/c19-11-7-5-10(6-8-11)17-14(20)9-18-15(21)12-3-1-2-4-13(12)16(18)22/h1-8,19H,9H2,(H,17,20). The maximum atomic E-state index is 12.1. The van der Waals surface area contributed by atoms with Crippen LogP contribution in [0, 0.1) is 0 Å². The van der Waals surface area contributed by atoms with Crippen molar-refractivity contribution in [1.29, 1.82) is 0 Å². The van der Waals surface area contributed by atoms with Gasteiger partial charge in [0, 0.05) is 5.69 Å². The van der Waals surface area contributed by atoms with E-state index in [0.717, 1.165) is 4.90 Å². The summed E-state index contributed by atoms with van der Waals surface area (Å²) in [6.45, 7) is -0.354. The fourth-order valence-corrected chi connectivity index (χ4v) is 2.27. The highest BCUT2D eigenvalue weighted by atomic mass is 16.3. The highest BCUT2D eigenvalue weighted by Gasteiger charge is 2.36. The normalized spacial score (nSPS) is 13.2. The van der Waals surface area contributed by atoms with Crippen molar-refractivity contribution in [3.05, 3.63) is 59.7 Å². The minimum atomic E-state index is -0.486. The summed E-state index contributed by atoms with van der Waals surface area (Å²) in [5.74, 6) is -1.35. The number of phenols is 1. The quantitative estimate of drug-likeness (QED) is 0.665. The predicted molar refractivity (Wildman–Crippen MR) is 78.5 cm³/mol. The molecular formula is C16H12N2O4. The first-order valence-corrected chi connectivity index (χ1v) is 6.60. The van der Waals surface area contributed by atoms with E-state index in [2.05, 4.69) is 5.32 Å². The van der Waals surface area contributed by atoms with Gasteiger partial charge in [-0.15, -0.1) is 0 Å². The van der Waals surface area contributed by atoms with Crippen molar-refractivity contribution >= 4 is 23.4 Å². The molecule has 2 aromatic rings. The van der Waals surface area contributed by atoms with Gasteiger partial charge >= 0.3 is 0 Å². The number of fused-ring (bicyclic) bond motifs is 1. The Hall–Kier alpha value is -3.15. The molecule has 0 unspecified atom stereocenters. The highest BCUT2D eigenvalue weighted by Crippen LogP contribution is 2.22. The molecule has 0 spiro atoms. The zero-order chi connectivity index (χ0) is 15.7. The largest absolute Gasteiger partial charge is 0.508 e. The van der Waals surface area contributed by atoms with Crippen LogP contribution in [0.15, 0.2) is 48.5 Å². The van der Waals surface area contributed by atoms with Gasteiger partial charge in [-0.2, -0.15) is 0 Å². The van der Waals surface area contributed by atoms with Crippen molar-refractivity contribution in [2.45, 2.75) is 0 Å². The van der Waals surface area contributed by atoms with Gasteiger partial charge in [0.2, 0.25) is 5.91 Å². The van der Waals surface area contributed by atoms with Crippen molar-refractivity contribution < 1.29 is 19.5 Å². The van der Waals surface area contributed by atoms with Crippen molar-refractivity contribution in [3.8, 4) is 5.75 Å². The number of carbonyl (C=O) groups excluding carboxylic acids is 3. The van der Waals surface area contributed by atoms with Crippen molar-refractivity contribution in [2.75, 3.05) is 11.9 Å². The van der Waals surface area contributed by atoms with Crippen LogP contribution in [0.5, 0.6) is 5.75 Å². The Morgan fingerprint density at radius 2 is 1.50 bits per heavy atom. The summed E-state index contributed by atoms with van der Waals surface area (Å²) < 4.78 is 0. The van der Waals surface area contributed by atoms with Crippen LogP contribution in [0.25, 0.3) is 0 Å². The van der Waals surface area contributed by atoms with Gasteiger partial charge in [-0.3, -0.25) is 19.3 Å². The first kappa shape index (κ1) is 13.8. The fraction of sp³-hybridized carbons (Fsp3) is 0.0625. The Morgan fingerprint density at radius 3 is 2.05 bits per heavy atom. The topological polar surface area (TPSA) is 86.7 Å². The number of anilines is 1. The molecule has 2 aromatic carbocycles. The third kappa shape index (κ3) is 2.42. The lowest BCUT2D eigenvalue weighted by Crippen LogP contribution is -2.37. The number of phenolic OH excluding ortho intramolecular Hbond substituents is 1. The van der Waals surface area contributed by atoms with E-state index in [9.17, 15) is 19.5 Å². The first-order chi connectivity index (χ1) is 10.6. The molecule has 0 fully saturated rings. The SMILES string of the molecule is O=C(CN1C(=O)c2ccccc2C1=O)Nc1ccc(O)cc1. The van der Waals surface area contributed by atoms with Crippen LogP contribution in [-0.2, 0) is 4.79 Å². The summed E-state index contributed by atoms with van der Waals surface area (Å²) in [6, 6.07) is 12.4. The van der Waals surface area contributed by atoms with Gasteiger partial charge in [-0.25, -0.2) is 0 Å². The number of nitrogens with zero attached hydrogens (tertiary/aromatic N) is 1. The average Bonchev–Trinajstić information content (AvgIpc) is 2.75. The summed E-state index contributed by atoms with van der Waals surface area (Å²) in [5, 5.41) is 11.7. The van der Waals surface area contributed by atoms with Crippen LogP contribution in [-0.4, -0.2) is 34.3 Å². The molecule has 110 valence electrons. The number of carbonyl (C=O) groups is 3. The van der Waals surface area contributed by atoms with Crippen LogP contribution in [0.4, 0.5) is 5.69 Å². The molecule has 1 heterocycles. The smallest absolute Gasteiger partial charge is 0.262 e. The Morgan fingerprint density at radius 1 is 0.955 bits per heavy atom. The van der Waals surface area contributed by atoms with E-state index in [1.54, 1.807) is 24.3 Å². The molecule has 6 heteroatoms. The van der Waals surface area contributed by atoms with Gasteiger partial charge < -0.3 is 10.4 Å². The van der Waals surface area contributed by atoms with Gasteiger partial charge in [0.25, 0.3) is 11.8 Å². The fourth-order valence-electron chi connectivity index (χ4n) is 2.27. The number of imide groups is 1. The minimum Gasteiger partial charge on any atom is -0.508 e. The molecule has 22 heavy (non-hydrogen) atoms. The monoisotopic (exact) mass is 296 g/mol.